The highest BCUT2D eigenvalue weighted by atomic mass is 16.1. The van der Waals surface area contributed by atoms with Crippen LogP contribution in [0.4, 0.5) is 11.4 Å². The third kappa shape index (κ3) is 3.26. The highest BCUT2D eigenvalue weighted by molar-refractivity contribution is 6.06. The molecule has 5 heteroatoms. The fourth-order valence-electron chi connectivity index (χ4n) is 3.19. The van der Waals surface area contributed by atoms with E-state index in [4.69, 9.17) is 0 Å². The number of hydrogen-bond acceptors (Lipinski definition) is 3. The van der Waals surface area contributed by atoms with Gasteiger partial charge in [-0.2, -0.15) is 5.10 Å². The van der Waals surface area contributed by atoms with Crippen molar-refractivity contribution < 1.29 is 4.79 Å². The quantitative estimate of drug-likeness (QED) is 0.792. The smallest absolute Gasteiger partial charge is 0.255 e. The van der Waals surface area contributed by atoms with Gasteiger partial charge in [0.2, 0.25) is 0 Å². The number of anilines is 2. The Kier molecular flexibility index (Phi) is 4.21. The zero-order chi connectivity index (χ0) is 17.1. The largest absolute Gasteiger partial charge is 0.370 e. The van der Waals surface area contributed by atoms with Gasteiger partial charge in [0.1, 0.15) is 0 Å². The number of benzene rings is 2. The first-order chi connectivity index (χ1) is 12.3. The predicted octanol–water partition coefficient (Wildman–Crippen LogP) is 3.72. The summed E-state index contributed by atoms with van der Waals surface area (Å²) in [7, 11) is 0. The molecule has 0 unspecified atom stereocenters. The van der Waals surface area contributed by atoms with Crippen LogP contribution in [0.3, 0.4) is 0 Å². The van der Waals surface area contributed by atoms with E-state index in [2.05, 4.69) is 21.4 Å². The van der Waals surface area contributed by atoms with Gasteiger partial charge in [0.15, 0.2) is 0 Å². The fraction of sp³-hybridized carbons (Fsp3) is 0.200. The van der Waals surface area contributed by atoms with Crippen LogP contribution in [0, 0.1) is 0 Å². The van der Waals surface area contributed by atoms with Gasteiger partial charge in [0.05, 0.1) is 17.1 Å². The maximum absolute atomic E-state index is 12.6. The molecule has 1 aromatic heterocycles. The van der Waals surface area contributed by atoms with E-state index in [1.807, 2.05) is 54.7 Å². The summed E-state index contributed by atoms with van der Waals surface area (Å²) in [4.78, 5) is 15.0. The number of para-hydroxylation sites is 2. The number of carbonyl (C=O) groups is 1. The van der Waals surface area contributed by atoms with Crippen molar-refractivity contribution >= 4 is 17.3 Å². The van der Waals surface area contributed by atoms with Crippen molar-refractivity contribution in [2.45, 2.75) is 12.8 Å². The molecule has 2 heterocycles. The summed E-state index contributed by atoms with van der Waals surface area (Å²) < 4.78 is 1.77. The van der Waals surface area contributed by atoms with Crippen molar-refractivity contribution in [3.63, 3.8) is 0 Å². The van der Waals surface area contributed by atoms with Crippen molar-refractivity contribution in [3.05, 3.63) is 72.6 Å². The van der Waals surface area contributed by atoms with E-state index in [0.717, 1.165) is 30.2 Å². The summed E-state index contributed by atoms with van der Waals surface area (Å²) in [5.74, 6) is -0.0985. The fourth-order valence-corrected chi connectivity index (χ4v) is 3.19. The minimum atomic E-state index is -0.0985. The SMILES string of the molecule is O=C(Nc1ccccc1N1CCCC1)c1ccc(-n2cccn2)cc1. The van der Waals surface area contributed by atoms with E-state index in [1.165, 1.54) is 12.8 Å². The lowest BCUT2D eigenvalue weighted by molar-refractivity contribution is 0.102. The second kappa shape index (κ2) is 6.81. The van der Waals surface area contributed by atoms with Crippen molar-refractivity contribution in [1.29, 1.82) is 0 Å². The van der Waals surface area contributed by atoms with Crippen molar-refractivity contribution in [1.82, 2.24) is 9.78 Å². The molecule has 1 aliphatic heterocycles. The second-order valence-electron chi connectivity index (χ2n) is 6.16. The van der Waals surface area contributed by atoms with Gasteiger partial charge in [-0.25, -0.2) is 4.68 Å². The molecule has 0 atom stereocenters. The van der Waals surface area contributed by atoms with E-state index in [9.17, 15) is 4.79 Å². The highest BCUT2D eigenvalue weighted by Gasteiger charge is 2.17. The molecule has 0 saturated carbocycles. The number of hydrogen-bond donors (Lipinski definition) is 1. The molecule has 1 N–H and O–H groups in total. The number of rotatable bonds is 4. The van der Waals surface area contributed by atoms with Gasteiger partial charge in [-0.1, -0.05) is 12.1 Å². The molecule has 1 saturated heterocycles. The lowest BCUT2D eigenvalue weighted by Crippen LogP contribution is -2.21. The van der Waals surface area contributed by atoms with Gasteiger partial charge < -0.3 is 10.2 Å². The molecule has 1 aliphatic rings. The zero-order valence-electron chi connectivity index (χ0n) is 13.9. The summed E-state index contributed by atoms with van der Waals surface area (Å²) in [6.07, 6.45) is 6.02. The summed E-state index contributed by atoms with van der Waals surface area (Å²) in [5, 5.41) is 7.25. The van der Waals surface area contributed by atoms with Gasteiger partial charge >= 0.3 is 0 Å². The Morgan fingerprint density at radius 2 is 1.72 bits per heavy atom. The summed E-state index contributed by atoms with van der Waals surface area (Å²) in [6.45, 7) is 2.09. The topological polar surface area (TPSA) is 50.2 Å². The monoisotopic (exact) mass is 332 g/mol. The normalized spacial score (nSPS) is 13.8. The summed E-state index contributed by atoms with van der Waals surface area (Å²) in [5.41, 5.74) is 3.53. The average Bonchev–Trinajstić information content (AvgIpc) is 3.36. The molecule has 2 aromatic carbocycles. The molecular formula is C20H20N4O. The first-order valence-electron chi connectivity index (χ1n) is 8.57. The molecule has 0 aliphatic carbocycles. The Balaban J connectivity index is 1.52. The van der Waals surface area contributed by atoms with Crippen LogP contribution in [0.15, 0.2) is 67.0 Å². The van der Waals surface area contributed by atoms with E-state index in [-0.39, 0.29) is 5.91 Å². The van der Waals surface area contributed by atoms with E-state index in [0.29, 0.717) is 5.56 Å². The number of aromatic nitrogens is 2. The van der Waals surface area contributed by atoms with Crippen LogP contribution in [-0.4, -0.2) is 28.8 Å². The van der Waals surface area contributed by atoms with Crippen LogP contribution >= 0.6 is 0 Å². The van der Waals surface area contributed by atoms with Crippen LogP contribution in [0.25, 0.3) is 5.69 Å². The predicted molar refractivity (Wildman–Crippen MR) is 99.4 cm³/mol. The lowest BCUT2D eigenvalue weighted by atomic mass is 10.1. The number of nitrogens with zero attached hydrogens (tertiary/aromatic N) is 3. The van der Waals surface area contributed by atoms with Crippen LogP contribution in [0.2, 0.25) is 0 Å². The first kappa shape index (κ1) is 15.4. The van der Waals surface area contributed by atoms with E-state index < -0.39 is 0 Å². The van der Waals surface area contributed by atoms with Gasteiger partial charge in [-0.3, -0.25) is 4.79 Å². The molecule has 25 heavy (non-hydrogen) atoms. The molecule has 5 nitrogen and oxygen atoms in total. The average molecular weight is 332 g/mol. The summed E-state index contributed by atoms with van der Waals surface area (Å²) in [6, 6.07) is 17.3. The minimum Gasteiger partial charge on any atom is -0.370 e. The molecular weight excluding hydrogens is 312 g/mol. The maximum Gasteiger partial charge on any atom is 0.255 e. The van der Waals surface area contributed by atoms with E-state index in [1.54, 1.807) is 10.9 Å². The standard InChI is InChI=1S/C20H20N4O/c25-20(16-8-10-17(11-9-16)24-15-5-12-21-24)22-18-6-1-2-7-19(18)23-13-3-4-14-23/h1-2,5-12,15H,3-4,13-14H2,(H,22,25). The number of carbonyl (C=O) groups excluding carboxylic acids is 1. The van der Waals surface area contributed by atoms with Crippen LogP contribution < -0.4 is 10.2 Å². The van der Waals surface area contributed by atoms with Crippen LogP contribution in [-0.2, 0) is 0 Å². The van der Waals surface area contributed by atoms with Gasteiger partial charge in [0.25, 0.3) is 5.91 Å². The molecule has 0 spiro atoms. The van der Waals surface area contributed by atoms with Gasteiger partial charge in [0, 0.05) is 31.0 Å². The molecule has 1 amide bonds. The molecule has 3 aromatic rings. The number of nitrogens with one attached hydrogen (secondary N) is 1. The van der Waals surface area contributed by atoms with Crippen molar-refractivity contribution in [3.8, 4) is 5.69 Å². The summed E-state index contributed by atoms with van der Waals surface area (Å²) >= 11 is 0. The van der Waals surface area contributed by atoms with E-state index >= 15 is 0 Å². The molecule has 126 valence electrons. The molecule has 4 rings (SSSR count). The molecule has 0 radical (unpaired) electrons. The van der Waals surface area contributed by atoms with Gasteiger partial charge in [-0.15, -0.1) is 0 Å². The number of amides is 1. The Morgan fingerprint density at radius 1 is 0.960 bits per heavy atom. The van der Waals surface area contributed by atoms with Crippen LogP contribution in [0.1, 0.15) is 23.2 Å². The Hall–Kier alpha value is -3.08. The first-order valence-corrected chi connectivity index (χ1v) is 8.57. The van der Waals surface area contributed by atoms with Crippen molar-refractivity contribution in [2.75, 3.05) is 23.3 Å². The minimum absolute atomic E-state index is 0.0985. The van der Waals surface area contributed by atoms with Crippen LogP contribution in [0.5, 0.6) is 0 Å². The zero-order valence-corrected chi connectivity index (χ0v) is 13.9. The third-order valence-electron chi connectivity index (χ3n) is 4.50. The van der Waals surface area contributed by atoms with Gasteiger partial charge in [-0.05, 0) is 55.3 Å². The Morgan fingerprint density at radius 3 is 2.44 bits per heavy atom. The lowest BCUT2D eigenvalue weighted by Gasteiger charge is -2.21. The third-order valence-corrected chi connectivity index (χ3v) is 4.50. The molecule has 0 bridgehead atoms. The Labute approximate surface area is 146 Å². The molecule has 1 fully saturated rings. The second-order valence-corrected chi connectivity index (χ2v) is 6.16. The Bertz CT molecular complexity index is 850. The van der Waals surface area contributed by atoms with Crippen molar-refractivity contribution in [2.24, 2.45) is 0 Å². The maximum atomic E-state index is 12.6. The highest BCUT2D eigenvalue weighted by Crippen LogP contribution is 2.29.